The summed E-state index contributed by atoms with van der Waals surface area (Å²) >= 11 is 1.10. The Hall–Kier alpha value is -3.08. The van der Waals surface area contributed by atoms with Gasteiger partial charge in [-0.1, -0.05) is 29.5 Å². The second-order valence-electron chi connectivity index (χ2n) is 5.62. The van der Waals surface area contributed by atoms with E-state index < -0.39 is 6.36 Å². The zero-order chi connectivity index (χ0) is 20.1. The Morgan fingerprint density at radius 1 is 1.14 bits per heavy atom. The normalized spacial score (nSPS) is 11.3. The van der Waals surface area contributed by atoms with E-state index in [0.29, 0.717) is 16.5 Å². The molecule has 0 radical (unpaired) electrons. The van der Waals surface area contributed by atoms with Crippen molar-refractivity contribution in [3.05, 3.63) is 54.1 Å². The van der Waals surface area contributed by atoms with Crippen molar-refractivity contribution in [2.45, 2.75) is 18.4 Å². The molecule has 0 aliphatic rings. The summed E-state index contributed by atoms with van der Waals surface area (Å²) in [7, 11) is 0. The number of ether oxygens (including phenoxy) is 1. The number of alkyl halides is 3. The minimum absolute atomic E-state index is 0.0590. The highest BCUT2D eigenvalue weighted by Gasteiger charge is 2.31. The third-order valence-electron chi connectivity index (χ3n) is 3.42. The number of amides is 1. The molecule has 28 heavy (non-hydrogen) atoms. The van der Waals surface area contributed by atoms with Crippen LogP contribution in [0.2, 0.25) is 0 Å². The van der Waals surface area contributed by atoms with Crippen LogP contribution in [0.1, 0.15) is 5.56 Å². The molecule has 3 aromatic rings. The van der Waals surface area contributed by atoms with Gasteiger partial charge in [0.2, 0.25) is 11.1 Å². The number of halogens is 3. The maximum atomic E-state index is 12.2. The topological polar surface area (TPSA) is 81.9 Å². The first-order valence-electron chi connectivity index (χ1n) is 7.94. The SMILES string of the molecule is Cc1ccc(NC(=O)CSc2nnnn2-c2ccc(OC(F)(F)F)cc2)cc1. The van der Waals surface area contributed by atoms with Crippen LogP contribution in [-0.4, -0.2) is 38.2 Å². The summed E-state index contributed by atoms with van der Waals surface area (Å²) in [5.74, 6) is -0.530. The van der Waals surface area contributed by atoms with Crippen LogP contribution in [0.15, 0.2) is 53.7 Å². The van der Waals surface area contributed by atoms with Crippen molar-refractivity contribution < 1.29 is 22.7 Å². The van der Waals surface area contributed by atoms with Gasteiger partial charge in [0.15, 0.2) is 0 Å². The quantitative estimate of drug-likeness (QED) is 0.627. The molecule has 7 nitrogen and oxygen atoms in total. The highest BCUT2D eigenvalue weighted by atomic mass is 32.2. The summed E-state index contributed by atoms with van der Waals surface area (Å²) < 4.78 is 41.8. The summed E-state index contributed by atoms with van der Waals surface area (Å²) in [6, 6.07) is 12.4. The molecular weight excluding hydrogens is 395 g/mol. The van der Waals surface area contributed by atoms with Crippen molar-refractivity contribution in [1.82, 2.24) is 20.2 Å². The first kappa shape index (κ1) is 19.7. The zero-order valence-corrected chi connectivity index (χ0v) is 15.3. The highest BCUT2D eigenvalue weighted by Crippen LogP contribution is 2.25. The summed E-state index contributed by atoms with van der Waals surface area (Å²) in [5, 5.41) is 14.3. The molecule has 1 aromatic heterocycles. The number of benzene rings is 2. The number of hydrogen-bond acceptors (Lipinski definition) is 6. The van der Waals surface area contributed by atoms with E-state index >= 15 is 0 Å². The Morgan fingerprint density at radius 3 is 2.46 bits per heavy atom. The van der Waals surface area contributed by atoms with Gasteiger partial charge in [0.1, 0.15) is 5.75 Å². The number of nitrogens with zero attached hydrogens (tertiary/aromatic N) is 4. The van der Waals surface area contributed by atoms with E-state index in [-0.39, 0.29) is 17.4 Å². The monoisotopic (exact) mass is 409 g/mol. The van der Waals surface area contributed by atoms with Gasteiger partial charge in [-0.25, -0.2) is 0 Å². The van der Waals surface area contributed by atoms with E-state index in [1.807, 2.05) is 19.1 Å². The van der Waals surface area contributed by atoms with Gasteiger partial charge in [0.05, 0.1) is 11.4 Å². The van der Waals surface area contributed by atoms with Crippen molar-refractivity contribution in [1.29, 1.82) is 0 Å². The third-order valence-corrected chi connectivity index (χ3v) is 4.34. The Balaban J connectivity index is 1.62. The number of tetrazole rings is 1. The summed E-state index contributed by atoms with van der Waals surface area (Å²) in [4.78, 5) is 12.1. The second kappa shape index (κ2) is 8.30. The lowest BCUT2D eigenvalue weighted by atomic mass is 10.2. The molecule has 11 heteroatoms. The van der Waals surface area contributed by atoms with E-state index in [9.17, 15) is 18.0 Å². The number of rotatable bonds is 6. The molecule has 0 unspecified atom stereocenters. The molecule has 146 valence electrons. The predicted octanol–water partition coefficient (Wildman–Crippen LogP) is 3.60. The second-order valence-corrected chi connectivity index (χ2v) is 6.56. The maximum Gasteiger partial charge on any atom is 0.573 e. The average Bonchev–Trinajstić information content (AvgIpc) is 3.10. The van der Waals surface area contributed by atoms with Crippen LogP contribution in [0.5, 0.6) is 5.75 Å². The lowest BCUT2D eigenvalue weighted by Gasteiger charge is -2.09. The number of aromatic nitrogens is 4. The van der Waals surface area contributed by atoms with E-state index in [1.54, 1.807) is 12.1 Å². The van der Waals surface area contributed by atoms with E-state index in [4.69, 9.17) is 0 Å². The molecule has 0 saturated carbocycles. The minimum atomic E-state index is -4.76. The van der Waals surface area contributed by atoms with E-state index in [1.165, 1.54) is 16.8 Å². The van der Waals surface area contributed by atoms with Crippen molar-refractivity contribution in [2.24, 2.45) is 0 Å². The predicted molar refractivity (Wildman–Crippen MR) is 96.4 cm³/mol. The average molecular weight is 409 g/mol. The zero-order valence-electron chi connectivity index (χ0n) is 14.5. The maximum absolute atomic E-state index is 12.2. The molecule has 0 fully saturated rings. The molecular formula is C17H14F3N5O2S. The molecule has 2 aromatic carbocycles. The highest BCUT2D eigenvalue weighted by molar-refractivity contribution is 7.99. The van der Waals surface area contributed by atoms with Crippen molar-refractivity contribution >= 4 is 23.4 Å². The fraction of sp³-hybridized carbons (Fsp3) is 0.176. The van der Waals surface area contributed by atoms with Gasteiger partial charge in [-0.15, -0.1) is 18.3 Å². The van der Waals surface area contributed by atoms with Crippen molar-refractivity contribution in [3.8, 4) is 11.4 Å². The van der Waals surface area contributed by atoms with Crippen LogP contribution in [0.3, 0.4) is 0 Å². The number of thioether (sulfide) groups is 1. The number of hydrogen-bond donors (Lipinski definition) is 1. The lowest BCUT2D eigenvalue weighted by Crippen LogP contribution is -2.17. The first-order valence-corrected chi connectivity index (χ1v) is 8.92. The number of anilines is 1. The summed E-state index contributed by atoms with van der Waals surface area (Å²) in [6.45, 7) is 1.95. The van der Waals surface area contributed by atoms with Gasteiger partial charge in [-0.3, -0.25) is 4.79 Å². The molecule has 0 spiro atoms. The van der Waals surface area contributed by atoms with E-state index in [2.05, 4.69) is 25.6 Å². The third kappa shape index (κ3) is 5.46. The molecule has 1 heterocycles. The smallest absolute Gasteiger partial charge is 0.406 e. The Bertz CT molecular complexity index is 943. The van der Waals surface area contributed by atoms with Crippen molar-refractivity contribution in [3.63, 3.8) is 0 Å². The molecule has 1 N–H and O–H groups in total. The molecule has 1 amide bonds. The van der Waals surface area contributed by atoms with Gasteiger partial charge in [0.25, 0.3) is 0 Å². The van der Waals surface area contributed by atoms with Gasteiger partial charge in [-0.05, 0) is 53.7 Å². The van der Waals surface area contributed by atoms with Crippen LogP contribution >= 0.6 is 11.8 Å². The fourth-order valence-electron chi connectivity index (χ4n) is 2.18. The van der Waals surface area contributed by atoms with Gasteiger partial charge in [-0.2, -0.15) is 4.68 Å². The van der Waals surface area contributed by atoms with Crippen LogP contribution < -0.4 is 10.1 Å². The minimum Gasteiger partial charge on any atom is -0.406 e. The molecule has 3 rings (SSSR count). The summed E-state index contributed by atoms with van der Waals surface area (Å²) in [6.07, 6.45) is -4.76. The molecule has 0 aliphatic carbocycles. The Labute approximate surface area is 161 Å². The first-order chi connectivity index (χ1) is 13.3. The number of carbonyl (C=O) groups is 1. The molecule has 0 bridgehead atoms. The van der Waals surface area contributed by atoms with Crippen LogP contribution in [0, 0.1) is 6.92 Å². The van der Waals surface area contributed by atoms with Gasteiger partial charge in [0, 0.05) is 5.69 Å². The standard InChI is InChI=1S/C17H14F3N5O2S/c1-11-2-4-12(5-3-11)21-15(26)10-28-16-22-23-24-25(16)13-6-8-14(9-7-13)27-17(18,19)20/h2-9H,10H2,1H3,(H,21,26). The summed E-state index contributed by atoms with van der Waals surface area (Å²) in [5.41, 5.74) is 2.19. The van der Waals surface area contributed by atoms with Gasteiger partial charge >= 0.3 is 6.36 Å². The van der Waals surface area contributed by atoms with E-state index in [0.717, 1.165) is 29.5 Å². The molecule has 0 saturated heterocycles. The van der Waals surface area contributed by atoms with Crippen molar-refractivity contribution in [2.75, 3.05) is 11.1 Å². The van der Waals surface area contributed by atoms with Crippen LogP contribution in [0.4, 0.5) is 18.9 Å². The fourth-order valence-corrected chi connectivity index (χ4v) is 2.87. The van der Waals surface area contributed by atoms with Gasteiger partial charge < -0.3 is 10.1 Å². The number of carbonyl (C=O) groups excluding carboxylic acids is 1. The Morgan fingerprint density at radius 2 is 1.82 bits per heavy atom. The number of aryl methyl sites for hydroxylation is 1. The lowest BCUT2D eigenvalue weighted by molar-refractivity contribution is -0.274. The molecule has 0 atom stereocenters. The van der Waals surface area contributed by atoms with Crippen LogP contribution in [0.25, 0.3) is 5.69 Å². The van der Waals surface area contributed by atoms with Crippen LogP contribution in [-0.2, 0) is 4.79 Å². The molecule has 0 aliphatic heterocycles. The number of nitrogens with one attached hydrogen (secondary N) is 1. The largest absolute Gasteiger partial charge is 0.573 e. The Kier molecular flexibility index (Phi) is 5.83.